The maximum absolute atomic E-state index is 14.3. The monoisotopic (exact) mass is 667 g/mol. The molecule has 4 heterocycles. The zero-order valence-electron chi connectivity index (χ0n) is 27.0. The number of aromatic hydroxyl groups is 2. The summed E-state index contributed by atoms with van der Waals surface area (Å²) in [6, 6.07) is 5.56. The summed E-state index contributed by atoms with van der Waals surface area (Å²) in [4.78, 5) is 78.2. The highest BCUT2D eigenvalue weighted by Crippen LogP contribution is 2.56. The Morgan fingerprint density at radius 3 is 2.02 bits per heavy atom. The van der Waals surface area contributed by atoms with Gasteiger partial charge in [0.2, 0.25) is 5.91 Å². The van der Waals surface area contributed by atoms with E-state index in [2.05, 4.69) is 15.3 Å². The van der Waals surface area contributed by atoms with Gasteiger partial charge in [-0.15, -0.1) is 0 Å². The molecule has 5 rings (SSSR count). The van der Waals surface area contributed by atoms with Gasteiger partial charge in [-0.25, -0.2) is 19.4 Å². The quantitative estimate of drug-likeness (QED) is 0.268. The molecule has 254 valence electrons. The number of aromatic nitrogens is 1. The molecule has 3 N–H and O–H groups in total. The van der Waals surface area contributed by atoms with E-state index in [1.165, 1.54) is 24.1 Å². The molecule has 2 aromatic rings. The first kappa shape index (κ1) is 33.6. The van der Waals surface area contributed by atoms with E-state index in [9.17, 15) is 34.2 Å². The van der Waals surface area contributed by atoms with Crippen LogP contribution in [0.15, 0.2) is 46.0 Å². The number of methoxy groups -OCH3 is 5. The average Bonchev–Trinajstić information content (AvgIpc) is 3.62. The zero-order valence-corrected chi connectivity index (χ0v) is 27.0. The summed E-state index contributed by atoms with van der Waals surface area (Å²) in [5.41, 5.74) is -4.26. The van der Waals surface area contributed by atoms with Gasteiger partial charge in [-0.3, -0.25) is 29.4 Å². The van der Waals surface area contributed by atoms with Crippen molar-refractivity contribution in [1.29, 1.82) is 0 Å². The first-order valence-electron chi connectivity index (χ1n) is 14.3. The molecule has 1 aromatic carbocycles. The fourth-order valence-electron chi connectivity index (χ4n) is 6.37. The van der Waals surface area contributed by atoms with E-state index in [0.717, 1.165) is 33.0 Å². The molecule has 0 saturated heterocycles. The fourth-order valence-corrected chi connectivity index (χ4v) is 6.37. The molecule has 0 saturated carbocycles. The molecule has 3 unspecified atom stereocenters. The van der Waals surface area contributed by atoms with Crippen molar-refractivity contribution in [3.05, 3.63) is 41.6 Å². The third-order valence-corrected chi connectivity index (χ3v) is 8.47. The number of anilines is 1. The summed E-state index contributed by atoms with van der Waals surface area (Å²) in [7, 11) is 5.66. The molecule has 0 aliphatic carbocycles. The molecule has 3 aliphatic heterocycles. The predicted molar refractivity (Wildman–Crippen MR) is 165 cm³/mol. The number of fused-ring (bicyclic) bond motifs is 3. The third-order valence-electron chi connectivity index (χ3n) is 8.47. The standard InChI is InChI=1S/C31H33N5O12/c1-30(2)25-19(14-9-8-10-15(44-3)24(14)36(30)18(39)13-35-16(37)11-12-17(35)38)31(20(26(40)45-4)21(32-25)27(41)46-5)33-22(28(42)47-6)23(34-31)29(43)48-7/h8-12,20,22,33,37-38H,13H2,1-7H3. The smallest absolute Gasteiger partial charge is 0.354 e. The molecule has 0 fully saturated rings. The molecular weight excluding hydrogens is 634 g/mol. The molecule has 0 bridgehead atoms. The maximum atomic E-state index is 14.3. The van der Waals surface area contributed by atoms with Crippen molar-refractivity contribution in [3.63, 3.8) is 0 Å². The number of rotatable bonds is 7. The Morgan fingerprint density at radius 1 is 0.854 bits per heavy atom. The van der Waals surface area contributed by atoms with Crippen LogP contribution >= 0.6 is 0 Å². The highest BCUT2D eigenvalue weighted by atomic mass is 16.5. The van der Waals surface area contributed by atoms with Crippen molar-refractivity contribution in [3.8, 4) is 17.5 Å². The number of ether oxygens (including phenoxy) is 5. The molecule has 1 aromatic heterocycles. The number of hydrogen-bond acceptors (Lipinski definition) is 15. The lowest BCUT2D eigenvalue weighted by molar-refractivity contribution is -0.147. The van der Waals surface area contributed by atoms with Gasteiger partial charge in [0.1, 0.15) is 23.9 Å². The van der Waals surface area contributed by atoms with Crippen molar-refractivity contribution in [2.24, 2.45) is 15.9 Å². The SMILES string of the molecule is COC(=O)C1=NC2(NC1C(=O)OC)C1=C(N=C(C(=O)OC)C2C(=O)OC)C(C)(C)N(C(=O)Cn2c(O)ccc2O)c2c(OC)cccc21. The molecule has 3 atom stereocenters. The molecule has 1 amide bonds. The van der Waals surface area contributed by atoms with Crippen LogP contribution in [0.25, 0.3) is 5.57 Å². The topological polar surface area (TPSA) is 217 Å². The molecular formula is C31H33N5O12. The Labute approximate surface area is 273 Å². The second-order valence-electron chi connectivity index (χ2n) is 11.3. The normalized spacial score (nSPS) is 22.2. The summed E-state index contributed by atoms with van der Waals surface area (Å²) >= 11 is 0. The van der Waals surface area contributed by atoms with E-state index < -0.39 is 70.9 Å². The van der Waals surface area contributed by atoms with E-state index in [1.807, 2.05) is 0 Å². The van der Waals surface area contributed by atoms with Crippen LogP contribution in [0.3, 0.4) is 0 Å². The summed E-state index contributed by atoms with van der Waals surface area (Å²) in [5, 5.41) is 23.6. The van der Waals surface area contributed by atoms with Crippen LogP contribution in [0.1, 0.15) is 19.4 Å². The van der Waals surface area contributed by atoms with Crippen LogP contribution in [0.4, 0.5) is 5.69 Å². The predicted octanol–water partition coefficient (Wildman–Crippen LogP) is 0.316. The van der Waals surface area contributed by atoms with Gasteiger partial charge in [-0.05, 0) is 19.9 Å². The average molecular weight is 668 g/mol. The van der Waals surface area contributed by atoms with Gasteiger partial charge in [0, 0.05) is 23.3 Å². The van der Waals surface area contributed by atoms with Crippen LogP contribution in [0.5, 0.6) is 17.5 Å². The van der Waals surface area contributed by atoms with Gasteiger partial charge in [-0.1, -0.05) is 12.1 Å². The minimum atomic E-state index is -2.18. The molecule has 1 spiro atoms. The Balaban J connectivity index is 1.91. The number of nitrogens with one attached hydrogen (secondary N) is 1. The number of nitrogens with zero attached hydrogens (tertiary/aromatic N) is 4. The summed E-state index contributed by atoms with van der Waals surface area (Å²) in [6.45, 7) is 2.63. The van der Waals surface area contributed by atoms with Crippen molar-refractivity contribution in [2.75, 3.05) is 40.4 Å². The largest absolute Gasteiger partial charge is 0.495 e. The van der Waals surface area contributed by atoms with Crippen LogP contribution in [-0.4, -0.2) is 109 Å². The zero-order chi connectivity index (χ0) is 35.3. The first-order valence-corrected chi connectivity index (χ1v) is 14.3. The number of carbonyl (C=O) groups is 5. The van der Waals surface area contributed by atoms with E-state index in [1.54, 1.807) is 32.0 Å². The van der Waals surface area contributed by atoms with Gasteiger partial charge in [-0.2, -0.15) is 0 Å². The van der Waals surface area contributed by atoms with E-state index in [4.69, 9.17) is 23.7 Å². The van der Waals surface area contributed by atoms with Gasteiger partial charge in [0.25, 0.3) is 0 Å². The van der Waals surface area contributed by atoms with E-state index in [0.29, 0.717) is 0 Å². The number of amides is 1. The molecule has 0 radical (unpaired) electrons. The van der Waals surface area contributed by atoms with Gasteiger partial charge >= 0.3 is 23.9 Å². The van der Waals surface area contributed by atoms with Crippen molar-refractivity contribution in [2.45, 2.75) is 37.6 Å². The second-order valence-corrected chi connectivity index (χ2v) is 11.3. The van der Waals surface area contributed by atoms with Crippen LogP contribution in [-0.2, 0) is 49.5 Å². The lowest BCUT2D eigenvalue weighted by Crippen LogP contribution is -2.64. The van der Waals surface area contributed by atoms with Gasteiger partial charge in [0.05, 0.1) is 52.5 Å². The van der Waals surface area contributed by atoms with Gasteiger partial charge in [0.15, 0.2) is 29.2 Å². The van der Waals surface area contributed by atoms with E-state index >= 15 is 0 Å². The molecule has 17 heteroatoms. The number of esters is 4. The van der Waals surface area contributed by atoms with Crippen LogP contribution in [0, 0.1) is 5.92 Å². The Hall–Kier alpha value is -5.71. The Kier molecular flexibility index (Phi) is 8.51. The number of para-hydroxylation sites is 1. The highest BCUT2D eigenvalue weighted by Gasteiger charge is 2.64. The number of hydrogen-bond donors (Lipinski definition) is 3. The summed E-state index contributed by atoms with van der Waals surface area (Å²) < 4.78 is 26.7. The minimum Gasteiger partial charge on any atom is -0.495 e. The number of benzene rings is 1. The van der Waals surface area contributed by atoms with Gasteiger partial charge < -0.3 is 33.9 Å². The van der Waals surface area contributed by atoms with Crippen molar-refractivity contribution in [1.82, 2.24) is 9.88 Å². The molecule has 17 nitrogen and oxygen atoms in total. The lowest BCUT2D eigenvalue weighted by atomic mass is 9.71. The first-order chi connectivity index (χ1) is 22.7. The second kappa shape index (κ2) is 12.1. The van der Waals surface area contributed by atoms with Crippen molar-refractivity contribution < 1.29 is 57.9 Å². The van der Waals surface area contributed by atoms with Crippen LogP contribution < -0.4 is 15.0 Å². The number of carbonyl (C=O) groups excluding carboxylic acids is 5. The Morgan fingerprint density at radius 2 is 1.46 bits per heavy atom. The Bertz CT molecular complexity index is 1820. The number of aliphatic imine (C=N–C) groups is 2. The summed E-state index contributed by atoms with van der Waals surface area (Å²) in [6.07, 6.45) is 0. The maximum Gasteiger partial charge on any atom is 0.354 e. The minimum absolute atomic E-state index is 0.00378. The lowest BCUT2D eigenvalue weighted by Gasteiger charge is -2.50. The fraction of sp³-hybridized carbons (Fsp3) is 0.387. The van der Waals surface area contributed by atoms with E-state index in [-0.39, 0.29) is 40.0 Å². The highest BCUT2D eigenvalue weighted by molar-refractivity contribution is 6.45. The van der Waals surface area contributed by atoms with Crippen molar-refractivity contribution >= 4 is 52.5 Å². The molecule has 48 heavy (non-hydrogen) atoms. The third kappa shape index (κ3) is 4.85. The summed E-state index contributed by atoms with van der Waals surface area (Å²) in [5.74, 6) is -7.11. The molecule has 3 aliphatic rings. The van der Waals surface area contributed by atoms with Crippen LogP contribution in [0.2, 0.25) is 0 Å².